The van der Waals surface area contributed by atoms with Crippen LogP contribution >= 0.6 is 12.4 Å². The van der Waals surface area contributed by atoms with Gasteiger partial charge in [0.25, 0.3) is 0 Å². The lowest BCUT2D eigenvalue weighted by Crippen LogP contribution is -2.27. The van der Waals surface area contributed by atoms with Gasteiger partial charge in [0.05, 0.1) is 5.69 Å². The van der Waals surface area contributed by atoms with E-state index < -0.39 is 0 Å². The molecule has 0 bridgehead atoms. The summed E-state index contributed by atoms with van der Waals surface area (Å²) in [6, 6.07) is 11.2. The normalized spacial score (nSPS) is 13.9. The molecular weight excluding hydrogens is 378 g/mol. The standard InChI is InChI=1S/C25H33N3.ClH/c1-6-12-28(15-20-10-11-20)16-23-21-8-7-9-22(25(21)26-27(23)5)24-18(3)13-17(2)14-19(24)4;/h7-9,13-14,20H,6,10-12,15-16H2,1-5H3;1H. The molecule has 4 heteroatoms. The van der Waals surface area contributed by atoms with Crippen LogP contribution in [0.4, 0.5) is 0 Å². The quantitative estimate of drug-likeness (QED) is 0.460. The molecule has 3 aromatic rings. The number of benzene rings is 2. The summed E-state index contributed by atoms with van der Waals surface area (Å²) in [5, 5.41) is 6.29. The SMILES string of the molecule is CCCN(Cc1c2cccc(-c3c(C)cc(C)cc3C)c2nn1C)CC1CC1.Cl. The van der Waals surface area contributed by atoms with E-state index in [9.17, 15) is 0 Å². The van der Waals surface area contributed by atoms with Crippen LogP contribution in [0.25, 0.3) is 22.0 Å². The van der Waals surface area contributed by atoms with E-state index in [1.165, 1.54) is 71.2 Å². The van der Waals surface area contributed by atoms with Crippen molar-refractivity contribution >= 4 is 23.3 Å². The van der Waals surface area contributed by atoms with Crippen molar-refractivity contribution in [1.29, 1.82) is 0 Å². The largest absolute Gasteiger partial charge is 0.297 e. The van der Waals surface area contributed by atoms with Gasteiger partial charge in [-0.15, -0.1) is 12.4 Å². The third kappa shape index (κ3) is 4.51. The molecule has 156 valence electrons. The zero-order chi connectivity index (χ0) is 19.8. The molecule has 0 aliphatic heterocycles. The summed E-state index contributed by atoms with van der Waals surface area (Å²) in [4.78, 5) is 2.63. The number of aryl methyl sites for hydroxylation is 4. The van der Waals surface area contributed by atoms with Gasteiger partial charge in [0.15, 0.2) is 0 Å². The number of nitrogens with zero attached hydrogens (tertiary/aromatic N) is 3. The van der Waals surface area contributed by atoms with Crippen molar-refractivity contribution in [3.63, 3.8) is 0 Å². The first kappa shape index (κ1) is 21.9. The minimum Gasteiger partial charge on any atom is -0.297 e. The van der Waals surface area contributed by atoms with Crippen molar-refractivity contribution in [2.24, 2.45) is 13.0 Å². The molecular formula is C25H34ClN3. The Bertz CT molecular complexity index is 978. The summed E-state index contributed by atoms with van der Waals surface area (Å²) in [6.45, 7) is 12.3. The number of halogens is 1. The van der Waals surface area contributed by atoms with Gasteiger partial charge < -0.3 is 0 Å². The molecule has 1 fully saturated rings. The Kier molecular flexibility index (Phi) is 6.70. The fourth-order valence-corrected chi connectivity index (χ4v) is 4.69. The molecule has 1 saturated carbocycles. The molecule has 0 atom stereocenters. The summed E-state index contributed by atoms with van der Waals surface area (Å²) < 4.78 is 2.11. The maximum absolute atomic E-state index is 4.99. The Morgan fingerprint density at radius 2 is 1.79 bits per heavy atom. The monoisotopic (exact) mass is 411 g/mol. The molecule has 0 amide bonds. The fourth-order valence-electron chi connectivity index (χ4n) is 4.69. The lowest BCUT2D eigenvalue weighted by molar-refractivity contribution is 0.249. The highest BCUT2D eigenvalue weighted by molar-refractivity contribution is 5.96. The van der Waals surface area contributed by atoms with Crippen molar-refractivity contribution in [1.82, 2.24) is 14.7 Å². The van der Waals surface area contributed by atoms with Crippen molar-refractivity contribution < 1.29 is 0 Å². The summed E-state index contributed by atoms with van der Waals surface area (Å²) in [5.41, 5.74) is 9.06. The summed E-state index contributed by atoms with van der Waals surface area (Å²) in [7, 11) is 2.11. The molecule has 0 unspecified atom stereocenters. The van der Waals surface area contributed by atoms with E-state index in [1.807, 2.05) is 0 Å². The van der Waals surface area contributed by atoms with E-state index in [-0.39, 0.29) is 12.4 Å². The highest BCUT2D eigenvalue weighted by Crippen LogP contribution is 2.35. The maximum atomic E-state index is 4.99. The topological polar surface area (TPSA) is 21.1 Å². The second-order valence-electron chi connectivity index (χ2n) is 8.72. The van der Waals surface area contributed by atoms with Crippen molar-refractivity contribution in [2.45, 2.75) is 53.5 Å². The highest BCUT2D eigenvalue weighted by Gasteiger charge is 2.25. The maximum Gasteiger partial charge on any atom is 0.100 e. The molecule has 1 aromatic heterocycles. The molecule has 0 saturated heterocycles. The van der Waals surface area contributed by atoms with Gasteiger partial charge in [-0.3, -0.25) is 9.58 Å². The number of rotatable bonds is 7. The fraction of sp³-hybridized carbons (Fsp3) is 0.480. The molecule has 1 aliphatic rings. The van der Waals surface area contributed by atoms with E-state index >= 15 is 0 Å². The molecule has 2 aromatic carbocycles. The molecule has 29 heavy (non-hydrogen) atoms. The summed E-state index contributed by atoms with van der Waals surface area (Å²) >= 11 is 0. The Morgan fingerprint density at radius 3 is 2.41 bits per heavy atom. The van der Waals surface area contributed by atoms with E-state index in [0.29, 0.717) is 0 Å². The first-order valence-electron chi connectivity index (χ1n) is 10.7. The van der Waals surface area contributed by atoms with E-state index in [4.69, 9.17) is 5.10 Å². The van der Waals surface area contributed by atoms with Crippen LogP contribution in [0.5, 0.6) is 0 Å². The number of fused-ring (bicyclic) bond motifs is 1. The summed E-state index contributed by atoms with van der Waals surface area (Å²) in [6.07, 6.45) is 4.01. The highest BCUT2D eigenvalue weighted by atomic mass is 35.5. The zero-order valence-corrected chi connectivity index (χ0v) is 19.3. The Morgan fingerprint density at radius 1 is 1.10 bits per heavy atom. The Labute approximate surface area is 181 Å². The molecule has 1 aliphatic carbocycles. The first-order valence-corrected chi connectivity index (χ1v) is 10.7. The lowest BCUT2D eigenvalue weighted by Gasteiger charge is -2.21. The van der Waals surface area contributed by atoms with Gasteiger partial charge in [-0.2, -0.15) is 5.10 Å². The third-order valence-corrected chi connectivity index (χ3v) is 6.06. The van der Waals surface area contributed by atoms with Crippen LogP contribution in [0.15, 0.2) is 30.3 Å². The average molecular weight is 412 g/mol. The predicted octanol–water partition coefficient (Wildman–Crippen LogP) is 6.21. The Balaban J connectivity index is 0.00000240. The molecule has 0 N–H and O–H groups in total. The van der Waals surface area contributed by atoms with Crippen molar-refractivity contribution in [2.75, 3.05) is 13.1 Å². The van der Waals surface area contributed by atoms with Gasteiger partial charge in [0, 0.05) is 31.1 Å². The second kappa shape index (κ2) is 8.89. The van der Waals surface area contributed by atoms with E-state index in [2.05, 4.69) is 74.7 Å². The third-order valence-electron chi connectivity index (χ3n) is 6.06. The lowest BCUT2D eigenvalue weighted by atomic mass is 9.92. The van der Waals surface area contributed by atoms with Crippen molar-refractivity contribution in [3.05, 3.63) is 52.7 Å². The van der Waals surface area contributed by atoms with Gasteiger partial charge in [0.1, 0.15) is 5.52 Å². The molecule has 1 heterocycles. The van der Waals surface area contributed by atoms with Crippen LogP contribution in [0.2, 0.25) is 0 Å². The van der Waals surface area contributed by atoms with Crippen LogP contribution < -0.4 is 0 Å². The van der Waals surface area contributed by atoms with Gasteiger partial charge in [-0.25, -0.2) is 0 Å². The number of hydrogen-bond donors (Lipinski definition) is 0. The minimum absolute atomic E-state index is 0. The molecule has 0 radical (unpaired) electrons. The zero-order valence-electron chi connectivity index (χ0n) is 18.5. The first-order chi connectivity index (χ1) is 13.5. The van der Waals surface area contributed by atoms with Crippen molar-refractivity contribution in [3.8, 4) is 11.1 Å². The molecule has 0 spiro atoms. The molecule has 4 rings (SSSR count). The Hall–Kier alpha value is -1.84. The van der Waals surface area contributed by atoms with Gasteiger partial charge in [-0.1, -0.05) is 42.8 Å². The molecule has 3 nitrogen and oxygen atoms in total. The van der Waals surface area contributed by atoms with Crippen LogP contribution in [-0.2, 0) is 13.6 Å². The average Bonchev–Trinajstić information content (AvgIpc) is 3.38. The summed E-state index contributed by atoms with van der Waals surface area (Å²) in [5.74, 6) is 0.916. The van der Waals surface area contributed by atoms with Crippen LogP contribution in [0.1, 0.15) is 48.6 Å². The second-order valence-corrected chi connectivity index (χ2v) is 8.72. The predicted molar refractivity (Wildman–Crippen MR) is 126 cm³/mol. The smallest absolute Gasteiger partial charge is 0.100 e. The van der Waals surface area contributed by atoms with Gasteiger partial charge in [-0.05, 0) is 69.2 Å². The van der Waals surface area contributed by atoms with E-state index in [0.717, 1.165) is 18.0 Å². The van der Waals surface area contributed by atoms with Crippen LogP contribution in [0.3, 0.4) is 0 Å². The minimum atomic E-state index is 0. The number of hydrogen-bond acceptors (Lipinski definition) is 2. The van der Waals surface area contributed by atoms with Crippen LogP contribution in [-0.4, -0.2) is 27.8 Å². The van der Waals surface area contributed by atoms with E-state index in [1.54, 1.807) is 0 Å². The van der Waals surface area contributed by atoms with Crippen LogP contribution in [0, 0.1) is 26.7 Å². The number of aromatic nitrogens is 2. The van der Waals surface area contributed by atoms with Gasteiger partial charge >= 0.3 is 0 Å². The van der Waals surface area contributed by atoms with Gasteiger partial charge in [0.2, 0.25) is 0 Å².